The molecule has 0 aliphatic heterocycles. The Kier molecular flexibility index (Phi) is 12.8. The Balaban J connectivity index is 0. The maximum atomic E-state index is 9.75. The maximum absolute atomic E-state index is 9.75. The Morgan fingerprint density at radius 1 is 0.842 bits per heavy atom. The Labute approximate surface area is 113 Å². The van der Waals surface area contributed by atoms with E-state index in [0.717, 1.165) is 0 Å². The highest BCUT2D eigenvalue weighted by molar-refractivity contribution is 6.50. The van der Waals surface area contributed by atoms with Crippen LogP contribution in [-0.4, -0.2) is 31.8 Å². The summed E-state index contributed by atoms with van der Waals surface area (Å²) in [5, 5.41) is 0. The van der Waals surface area contributed by atoms with Gasteiger partial charge in [0.05, 0.1) is 0 Å². The van der Waals surface area contributed by atoms with Crippen LogP contribution in [-0.2, 0) is 0 Å². The molecular weight excluding hydrogens is 257 g/mol. The van der Waals surface area contributed by atoms with Crippen molar-refractivity contribution >= 4 is 7.25 Å². The van der Waals surface area contributed by atoms with E-state index in [1.807, 2.05) is 18.2 Å². The van der Waals surface area contributed by atoms with E-state index in [0.29, 0.717) is 0 Å². The first-order valence-corrected chi connectivity index (χ1v) is 6.35. The zero-order chi connectivity index (χ0) is 15.3. The van der Waals surface area contributed by atoms with Crippen LogP contribution in [0.15, 0.2) is 30.3 Å². The fraction of sp³-hybridized carbons (Fsp3) is 0.538. The van der Waals surface area contributed by atoms with Crippen molar-refractivity contribution < 1.29 is 17.3 Å². The summed E-state index contributed by atoms with van der Waals surface area (Å²) in [6, 6.07) is 10.3. The zero-order valence-electron chi connectivity index (χ0n) is 12.0. The van der Waals surface area contributed by atoms with Crippen molar-refractivity contribution in [1.82, 2.24) is 4.90 Å². The van der Waals surface area contributed by atoms with Gasteiger partial charge in [-0.05, 0) is 26.6 Å². The predicted molar refractivity (Wildman–Crippen MR) is 74.8 cm³/mol. The quantitative estimate of drug-likeness (QED) is 0.575. The SMILES string of the molecule is CCN(CC)CC.Cc1ccccc1.F[B-](F)(F)F. The number of aryl methyl sites for hydroxylation is 1. The van der Waals surface area contributed by atoms with Crippen molar-refractivity contribution in [1.29, 1.82) is 0 Å². The van der Waals surface area contributed by atoms with E-state index in [-0.39, 0.29) is 0 Å². The van der Waals surface area contributed by atoms with Crippen molar-refractivity contribution in [3.8, 4) is 0 Å². The molecule has 6 heteroatoms. The molecular formula is C13H23BF4N-. The molecule has 0 saturated heterocycles. The van der Waals surface area contributed by atoms with Crippen molar-refractivity contribution in [3.05, 3.63) is 35.9 Å². The molecule has 0 spiro atoms. The van der Waals surface area contributed by atoms with Gasteiger partial charge in [-0.1, -0.05) is 56.7 Å². The third-order valence-electron chi connectivity index (χ3n) is 2.28. The molecule has 0 aliphatic carbocycles. The minimum atomic E-state index is -6.00. The highest BCUT2D eigenvalue weighted by Gasteiger charge is 2.20. The topological polar surface area (TPSA) is 3.24 Å². The largest absolute Gasteiger partial charge is 0.673 e. The Bertz CT molecular complexity index is 275. The first-order valence-electron chi connectivity index (χ1n) is 6.35. The molecule has 0 aliphatic rings. The molecule has 1 aromatic rings. The summed E-state index contributed by atoms with van der Waals surface area (Å²) in [6.07, 6.45) is 0. The first kappa shape index (κ1) is 20.3. The van der Waals surface area contributed by atoms with Crippen LogP contribution in [0.1, 0.15) is 26.3 Å². The van der Waals surface area contributed by atoms with Crippen molar-refractivity contribution in [3.63, 3.8) is 0 Å². The van der Waals surface area contributed by atoms with Gasteiger partial charge in [0, 0.05) is 0 Å². The second-order valence-electron chi connectivity index (χ2n) is 3.77. The van der Waals surface area contributed by atoms with Gasteiger partial charge in [-0.15, -0.1) is 0 Å². The fourth-order valence-corrected chi connectivity index (χ4v) is 1.21. The van der Waals surface area contributed by atoms with Gasteiger partial charge in [0.15, 0.2) is 0 Å². The number of hydrogen-bond donors (Lipinski definition) is 0. The third kappa shape index (κ3) is 22.6. The standard InChI is InChI=1S/C7H8.C6H15N.BF4/c1-7-5-3-2-4-6-7;1-4-7(5-2)6-3;2-1(3,4)5/h2-6H,1H3;4-6H2,1-3H3;/q;;-1. The summed E-state index contributed by atoms with van der Waals surface area (Å²) >= 11 is 0. The molecule has 0 bridgehead atoms. The van der Waals surface area contributed by atoms with E-state index >= 15 is 0 Å². The van der Waals surface area contributed by atoms with Gasteiger partial charge in [-0.3, -0.25) is 0 Å². The summed E-state index contributed by atoms with van der Waals surface area (Å²) in [6.45, 7) is 12.2. The van der Waals surface area contributed by atoms with Gasteiger partial charge >= 0.3 is 7.25 Å². The molecule has 19 heavy (non-hydrogen) atoms. The van der Waals surface area contributed by atoms with Crippen LogP contribution in [0.4, 0.5) is 17.3 Å². The second kappa shape index (κ2) is 12.0. The van der Waals surface area contributed by atoms with Gasteiger partial charge in [-0.25, -0.2) is 0 Å². The monoisotopic (exact) mass is 280 g/mol. The van der Waals surface area contributed by atoms with E-state index in [1.54, 1.807) is 0 Å². The molecule has 0 saturated carbocycles. The molecule has 1 aromatic carbocycles. The van der Waals surface area contributed by atoms with Crippen LogP contribution in [0.3, 0.4) is 0 Å². The average molecular weight is 280 g/mol. The molecule has 1 nitrogen and oxygen atoms in total. The third-order valence-corrected chi connectivity index (χ3v) is 2.28. The van der Waals surface area contributed by atoms with Crippen LogP contribution >= 0.6 is 0 Å². The van der Waals surface area contributed by atoms with E-state index in [4.69, 9.17) is 0 Å². The lowest BCUT2D eigenvalue weighted by molar-refractivity contribution is 0.321. The molecule has 0 heterocycles. The van der Waals surface area contributed by atoms with Crippen LogP contribution < -0.4 is 0 Å². The van der Waals surface area contributed by atoms with Crippen LogP contribution in [0.25, 0.3) is 0 Å². The molecule has 0 unspecified atom stereocenters. The van der Waals surface area contributed by atoms with E-state index < -0.39 is 7.25 Å². The minimum absolute atomic E-state index is 1.19. The van der Waals surface area contributed by atoms with Crippen LogP contribution in [0.2, 0.25) is 0 Å². The van der Waals surface area contributed by atoms with Crippen LogP contribution in [0, 0.1) is 6.92 Å². The molecule has 0 N–H and O–H groups in total. The summed E-state index contributed by atoms with van der Waals surface area (Å²) in [5.74, 6) is 0. The van der Waals surface area contributed by atoms with Crippen molar-refractivity contribution in [2.75, 3.05) is 19.6 Å². The highest BCUT2D eigenvalue weighted by atomic mass is 19.5. The van der Waals surface area contributed by atoms with E-state index in [1.165, 1.54) is 25.2 Å². The fourth-order valence-electron chi connectivity index (χ4n) is 1.21. The Hall–Kier alpha value is -1.04. The summed E-state index contributed by atoms with van der Waals surface area (Å²) in [7, 11) is -6.00. The van der Waals surface area contributed by atoms with Crippen LogP contribution in [0.5, 0.6) is 0 Å². The van der Waals surface area contributed by atoms with Gasteiger partial charge < -0.3 is 22.2 Å². The molecule has 0 fully saturated rings. The average Bonchev–Trinajstić information content (AvgIpc) is 2.31. The Morgan fingerprint density at radius 2 is 1.16 bits per heavy atom. The molecule has 0 amide bonds. The number of nitrogens with zero attached hydrogens (tertiary/aromatic N) is 1. The normalized spacial score (nSPS) is 10.2. The van der Waals surface area contributed by atoms with Gasteiger partial charge in [0.1, 0.15) is 0 Å². The molecule has 0 atom stereocenters. The number of hydrogen-bond acceptors (Lipinski definition) is 1. The maximum Gasteiger partial charge on any atom is 0.673 e. The highest BCUT2D eigenvalue weighted by Crippen LogP contribution is 2.06. The predicted octanol–water partition coefficient (Wildman–Crippen LogP) is 4.64. The molecule has 0 radical (unpaired) electrons. The second-order valence-corrected chi connectivity index (χ2v) is 3.77. The Morgan fingerprint density at radius 3 is 1.26 bits per heavy atom. The van der Waals surface area contributed by atoms with Gasteiger partial charge in [-0.2, -0.15) is 0 Å². The summed E-state index contributed by atoms with van der Waals surface area (Å²) in [4.78, 5) is 2.38. The first-order chi connectivity index (χ1) is 8.74. The minimum Gasteiger partial charge on any atom is -0.418 e. The lowest BCUT2D eigenvalue weighted by atomic mass is 10.2. The summed E-state index contributed by atoms with van der Waals surface area (Å²) in [5.41, 5.74) is 1.32. The molecule has 1 rings (SSSR count). The van der Waals surface area contributed by atoms with Crippen molar-refractivity contribution in [2.24, 2.45) is 0 Å². The number of rotatable bonds is 3. The smallest absolute Gasteiger partial charge is 0.418 e. The van der Waals surface area contributed by atoms with E-state index in [9.17, 15) is 17.3 Å². The summed E-state index contributed by atoms with van der Waals surface area (Å²) < 4.78 is 39.0. The number of benzene rings is 1. The molecule has 0 aromatic heterocycles. The van der Waals surface area contributed by atoms with Crippen molar-refractivity contribution in [2.45, 2.75) is 27.7 Å². The van der Waals surface area contributed by atoms with E-state index in [2.05, 4.69) is 44.7 Å². The van der Waals surface area contributed by atoms with Gasteiger partial charge in [0.25, 0.3) is 0 Å². The lowest BCUT2D eigenvalue weighted by Crippen LogP contribution is -2.21. The molecule has 112 valence electrons. The number of halogens is 4. The zero-order valence-corrected chi connectivity index (χ0v) is 12.0. The van der Waals surface area contributed by atoms with Gasteiger partial charge in [0.2, 0.25) is 0 Å². The lowest BCUT2D eigenvalue weighted by Gasteiger charge is -2.13.